The third-order valence-electron chi connectivity index (χ3n) is 3.18. The molecule has 0 radical (unpaired) electrons. The van der Waals surface area contributed by atoms with Crippen LogP contribution in [0.1, 0.15) is 19.3 Å². The van der Waals surface area contributed by atoms with Crippen LogP contribution >= 0.6 is 0 Å². The van der Waals surface area contributed by atoms with Gasteiger partial charge in [-0.25, -0.2) is 0 Å². The Labute approximate surface area is 108 Å². The molecule has 0 bridgehead atoms. The Bertz CT molecular complexity index is 284. The summed E-state index contributed by atoms with van der Waals surface area (Å²) in [6, 6.07) is 0. The van der Waals surface area contributed by atoms with E-state index in [-0.39, 0.29) is 11.9 Å². The molecule has 0 aliphatic carbocycles. The van der Waals surface area contributed by atoms with Gasteiger partial charge in [0.2, 0.25) is 5.91 Å². The zero-order valence-corrected chi connectivity index (χ0v) is 11.0. The minimum absolute atomic E-state index is 0.0116. The minimum Gasteiger partial charge on any atom is -0.469 e. The number of nitrogens with one attached hydrogen (secondary N) is 1. The highest BCUT2D eigenvalue weighted by atomic mass is 16.5. The van der Waals surface area contributed by atoms with Gasteiger partial charge in [0.25, 0.3) is 0 Å². The lowest BCUT2D eigenvalue weighted by atomic mass is 10.1. The van der Waals surface area contributed by atoms with Gasteiger partial charge in [-0.1, -0.05) is 0 Å². The van der Waals surface area contributed by atoms with E-state index >= 15 is 0 Å². The van der Waals surface area contributed by atoms with Crippen molar-refractivity contribution >= 4 is 11.9 Å². The maximum absolute atomic E-state index is 11.6. The second-order valence-electron chi connectivity index (χ2n) is 4.66. The van der Waals surface area contributed by atoms with Crippen molar-refractivity contribution < 1.29 is 14.3 Å². The topological polar surface area (TPSA) is 84.7 Å². The zero-order valence-electron chi connectivity index (χ0n) is 11.0. The summed E-state index contributed by atoms with van der Waals surface area (Å²) in [6.45, 7) is 3.48. The molecular weight excluding hydrogens is 234 g/mol. The average molecular weight is 257 g/mol. The van der Waals surface area contributed by atoms with Crippen molar-refractivity contribution in [2.45, 2.75) is 19.3 Å². The summed E-state index contributed by atoms with van der Waals surface area (Å²) in [7, 11) is 1.36. The molecule has 0 aromatic rings. The van der Waals surface area contributed by atoms with Crippen molar-refractivity contribution in [3.05, 3.63) is 0 Å². The van der Waals surface area contributed by atoms with Crippen molar-refractivity contribution in [3.8, 4) is 0 Å². The van der Waals surface area contributed by atoms with Crippen LogP contribution in [-0.4, -0.2) is 56.6 Å². The Kier molecular flexibility index (Phi) is 6.67. The molecule has 1 heterocycles. The molecule has 1 atom stereocenters. The Morgan fingerprint density at radius 3 is 2.89 bits per heavy atom. The fourth-order valence-electron chi connectivity index (χ4n) is 2.07. The van der Waals surface area contributed by atoms with Crippen molar-refractivity contribution in [1.82, 2.24) is 10.2 Å². The first-order valence-electron chi connectivity index (χ1n) is 6.41. The number of hydrogen-bond acceptors (Lipinski definition) is 5. The first kappa shape index (κ1) is 14.9. The molecule has 0 spiro atoms. The molecule has 18 heavy (non-hydrogen) atoms. The normalized spacial score (nSPS) is 19.8. The molecule has 1 amide bonds. The van der Waals surface area contributed by atoms with E-state index in [1.807, 2.05) is 0 Å². The van der Waals surface area contributed by atoms with E-state index in [1.54, 1.807) is 0 Å². The van der Waals surface area contributed by atoms with Crippen LogP contribution < -0.4 is 11.1 Å². The van der Waals surface area contributed by atoms with E-state index in [0.717, 1.165) is 19.5 Å². The maximum atomic E-state index is 11.6. The lowest BCUT2D eigenvalue weighted by Crippen LogP contribution is -2.37. The van der Waals surface area contributed by atoms with Crippen molar-refractivity contribution in [1.29, 1.82) is 0 Å². The Morgan fingerprint density at radius 1 is 1.50 bits per heavy atom. The van der Waals surface area contributed by atoms with Gasteiger partial charge in [-0.15, -0.1) is 0 Å². The number of ether oxygens (including phenoxy) is 1. The Balaban J connectivity index is 2.06. The highest BCUT2D eigenvalue weighted by Gasteiger charge is 2.22. The molecular formula is C12H23N3O3. The van der Waals surface area contributed by atoms with Gasteiger partial charge in [0.05, 0.1) is 13.7 Å². The summed E-state index contributed by atoms with van der Waals surface area (Å²) in [5.74, 6) is 0.296. The summed E-state index contributed by atoms with van der Waals surface area (Å²) < 4.78 is 4.52. The number of esters is 1. The van der Waals surface area contributed by atoms with Crippen LogP contribution in [-0.2, 0) is 14.3 Å². The van der Waals surface area contributed by atoms with Crippen LogP contribution in [0.25, 0.3) is 0 Å². The van der Waals surface area contributed by atoms with Crippen LogP contribution in [0.2, 0.25) is 0 Å². The van der Waals surface area contributed by atoms with Gasteiger partial charge in [-0.3, -0.25) is 14.5 Å². The molecule has 6 heteroatoms. The summed E-state index contributed by atoms with van der Waals surface area (Å²) in [4.78, 5) is 24.6. The molecule has 1 rings (SSSR count). The molecule has 3 N–H and O–H groups in total. The number of rotatable bonds is 7. The van der Waals surface area contributed by atoms with Crippen molar-refractivity contribution in [3.63, 3.8) is 0 Å². The number of amides is 1. The summed E-state index contributed by atoms with van der Waals surface area (Å²) in [6.07, 6.45) is 2.03. The summed E-state index contributed by atoms with van der Waals surface area (Å²) >= 11 is 0. The van der Waals surface area contributed by atoms with Gasteiger partial charge < -0.3 is 15.8 Å². The van der Waals surface area contributed by atoms with Gasteiger partial charge in [0, 0.05) is 19.5 Å². The fourth-order valence-corrected chi connectivity index (χ4v) is 2.07. The molecule has 1 unspecified atom stereocenters. The third kappa shape index (κ3) is 5.46. The van der Waals surface area contributed by atoms with E-state index in [2.05, 4.69) is 15.0 Å². The van der Waals surface area contributed by atoms with Crippen LogP contribution in [0.15, 0.2) is 0 Å². The van der Waals surface area contributed by atoms with Crippen LogP contribution in [0.5, 0.6) is 0 Å². The lowest BCUT2D eigenvalue weighted by Gasteiger charge is -2.15. The number of carbonyl (C=O) groups excluding carboxylic acids is 2. The van der Waals surface area contributed by atoms with Crippen molar-refractivity contribution in [2.75, 3.05) is 39.8 Å². The standard InChI is InChI=1S/C12H23N3O3/c1-18-12(17)3-2-5-14-11(16)9-15-6-4-10(7-13)8-15/h10H,2-9,13H2,1H3,(H,14,16). The molecule has 1 aliphatic heterocycles. The first-order chi connectivity index (χ1) is 8.65. The molecule has 1 saturated heterocycles. The second kappa shape index (κ2) is 8.05. The minimum atomic E-state index is -0.241. The van der Waals surface area contributed by atoms with Gasteiger partial charge in [0.15, 0.2) is 0 Å². The highest BCUT2D eigenvalue weighted by Crippen LogP contribution is 2.13. The number of carbonyl (C=O) groups is 2. The quantitative estimate of drug-likeness (QED) is 0.467. The van der Waals surface area contributed by atoms with E-state index in [1.165, 1.54) is 7.11 Å². The predicted molar refractivity (Wildman–Crippen MR) is 67.9 cm³/mol. The van der Waals surface area contributed by atoms with Gasteiger partial charge in [-0.05, 0) is 31.8 Å². The number of likely N-dealkylation sites (tertiary alicyclic amines) is 1. The molecule has 1 fully saturated rings. The van der Waals surface area contributed by atoms with E-state index < -0.39 is 0 Å². The zero-order chi connectivity index (χ0) is 13.4. The third-order valence-corrected chi connectivity index (χ3v) is 3.18. The van der Waals surface area contributed by atoms with Crippen LogP contribution in [0, 0.1) is 5.92 Å². The Hall–Kier alpha value is -1.14. The predicted octanol–water partition coefficient (Wildman–Crippen LogP) is -0.664. The Morgan fingerprint density at radius 2 is 2.28 bits per heavy atom. The van der Waals surface area contributed by atoms with Crippen LogP contribution in [0.3, 0.4) is 0 Å². The SMILES string of the molecule is COC(=O)CCCNC(=O)CN1CCC(CN)C1. The largest absolute Gasteiger partial charge is 0.469 e. The number of hydrogen-bond donors (Lipinski definition) is 2. The molecule has 104 valence electrons. The van der Waals surface area contributed by atoms with Gasteiger partial charge in [-0.2, -0.15) is 0 Å². The molecule has 0 aromatic heterocycles. The van der Waals surface area contributed by atoms with Crippen molar-refractivity contribution in [2.24, 2.45) is 11.7 Å². The summed E-state index contributed by atoms with van der Waals surface area (Å²) in [5, 5.41) is 2.80. The highest BCUT2D eigenvalue weighted by molar-refractivity contribution is 5.78. The average Bonchev–Trinajstić information content (AvgIpc) is 2.81. The smallest absolute Gasteiger partial charge is 0.305 e. The van der Waals surface area contributed by atoms with Gasteiger partial charge in [0.1, 0.15) is 0 Å². The number of methoxy groups -OCH3 is 1. The molecule has 0 aromatic carbocycles. The van der Waals surface area contributed by atoms with E-state index in [0.29, 0.717) is 38.4 Å². The van der Waals surface area contributed by atoms with E-state index in [9.17, 15) is 9.59 Å². The number of nitrogens with two attached hydrogens (primary N) is 1. The fraction of sp³-hybridized carbons (Fsp3) is 0.833. The second-order valence-corrected chi connectivity index (χ2v) is 4.66. The molecule has 6 nitrogen and oxygen atoms in total. The van der Waals surface area contributed by atoms with Gasteiger partial charge >= 0.3 is 5.97 Å². The summed E-state index contributed by atoms with van der Waals surface area (Å²) in [5.41, 5.74) is 5.60. The van der Waals surface area contributed by atoms with Crippen LogP contribution in [0.4, 0.5) is 0 Å². The number of nitrogens with zero attached hydrogens (tertiary/aromatic N) is 1. The first-order valence-corrected chi connectivity index (χ1v) is 6.41. The van der Waals surface area contributed by atoms with E-state index in [4.69, 9.17) is 5.73 Å². The molecule has 0 saturated carbocycles. The molecule has 1 aliphatic rings. The lowest BCUT2D eigenvalue weighted by molar-refractivity contribution is -0.140. The maximum Gasteiger partial charge on any atom is 0.305 e. The monoisotopic (exact) mass is 257 g/mol.